The number of rotatable bonds is 8. The van der Waals surface area contributed by atoms with E-state index in [4.69, 9.17) is 14.2 Å². The van der Waals surface area contributed by atoms with Gasteiger partial charge in [-0.1, -0.05) is 6.07 Å². The first kappa shape index (κ1) is 25.0. The fourth-order valence-corrected chi connectivity index (χ4v) is 4.02. The predicted molar refractivity (Wildman–Crippen MR) is 136 cm³/mol. The molecule has 9 heteroatoms. The molecular weight excluding hydrogens is 460 g/mol. The quantitative estimate of drug-likeness (QED) is 0.387. The Kier molecular flexibility index (Phi) is 8.02. The standard InChI is InChI=1S/C27H30N4O5/c1-19-7-8-20(2)31(19)23-6-4-5-22(16-23)27(33)29-28-17-21-9-10-24(25(15-21)34-3)36-18-26(32)30-11-13-35-14-12-30/h4-10,15-17H,11-14,18H2,1-3H3,(H,29,33)/b28-17-. The molecule has 0 saturated carbocycles. The smallest absolute Gasteiger partial charge is 0.271 e. The van der Waals surface area contributed by atoms with Crippen LogP contribution in [0.15, 0.2) is 59.7 Å². The molecule has 2 aromatic carbocycles. The van der Waals surface area contributed by atoms with Gasteiger partial charge in [0.05, 0.1) is 26.5 Å². The molecule has 1 aliphatic heterocycles. The summed E-state index contributed by atoms with van der Waals surface area (Å²) in [6.45, 7) is 6.18. The number of nitrogens with zero attached hydrogens (tertiary/aromatic N) is 3. The highest BCUT2D eigenvalue weighted by Crippen LogP contribution is 2.27. The molecule has 1 fully saturated rings. The summed E-state index contributed by atoms with van der Waals surface area (Å²) < 4.78 is 18.4. The van der Waals surface area contributed by atoms with Crippen molar-refractivity contribution in [2.75, 3.05) is 40.0 Å². The summed E-state index contributed by atoms with van der Waals surface area (Å²) in [5.41, 5.74) is 6.87. The predicted octanol–water partition coefficient (Wildman–Crippen LogP) is 3.10. The summed E-state index contributed by atoms with van der Waals surface area (Å²) in [7, 11) is 1.52. The Morgan fingerprint density at radius 2 is 1.78 bits per heavy atom. The number of hydrogen-bond acceptors (Lipinski definition) is 6. The van der Waals surface area contributed by atoms with Gasteiger partial charge in [0.1, 0.15) is 0 Å². The van der Waals surface area contributed by atoms with Crippen molar-refractivity contribution in [3.8, 4) is 17.2 Å². The highest BCUT2D eigenvalue weighted by molar-refractivity contribution is 5.95. The molecule has 36 heavy (non-hydrogen) atoms. The van der Waals surface area contributed by atoms with Crippen LogP contribution in [0.4, 0.5) is 0 Å². The van der Waals surface area contributed by atoms with E-state index in [-0.39, 0.29) is 18.4 Å². The average molecular weight is 491 g/mol. The zero-order chi connectivity index (χ0) is 25.5. The number of hydrazone groups is 1. The van der Waals surface area contributed by atoms with Crippen molar-refractivity contribution in [1.29, 1.82) is 0 Å². The van der Waals surface area contributed by atoms with Gasteiger partial charge in [0.15, 0.2) is 18.1 Å². The first-order valence-electron chi connectivity index (χ1n) is 11.7. The minimum Gasteiger partial charge on any atom is -0.493 e. The summed E-state index contributed by atoms with van der Waals surface area (Å²) in [6, 6.07) is 16.7. The maximum Gasteiger partial charge on any atom is 0.271 e. The molecule has 0 radical (unpaired) electrons. The Labute approximate surface area is 210 Å². The van der Waals surface area contributed by atoms with Crippen LogP contribution in [0.25, 0.3) is 5.69 Å². The van der Waals surface area contributed by atoms with E-state index in [0.717, 1.165) is 17.1 Å². The number of carbonyl (C=O) groups excluding carboxylic acids is 2. The highest BCUT2D eigenvalue weighted by atomic mass is 16.5. The fraction of sp³-hybridized carbons (Fsp3) is 0.296. The number of benzene rings is 2. The van der Waals surface area contributed by atoms with Crippen molar-refractivity contribution >= 4 is 18.0 Å². The molecule has 2 amide bonds. The normalized spacial score (nSPS) is 13.6. The summed E-state index contributed by atoms with van der Waals surface area (Å²) in [6.07, 6.45) is 1.52. The van der Waals surface area contributed by atoms with Gasteiger partial charge in [0.25, 0.3) is 11.8 Å². The molecule has 0 atom stereocenters. The zero-order valence-electron chi connectivity index (χ0n) is 20.7. The maximum absolute atomic E-state index is 12.7. The van der Waals surface area contributed by atoms with Crippen LogP contribution in [-0.4, -0.2) is 67.5 Å². The Balaban J connectivity index is 1.37. The van der Waals surface area contributed by atoms with Crippen LogP contribution in [0.5, 0.6) is 11.5 Å². The van der Waals surface area contributed by atoms with Crippen LogP contribution in [0, 0.1) is 13.8 Å². The number of carbonyl (C=O) groups is 2. The monoisotopic (exact) mass is 490 g/mol. The molecule has 188 valence electrons. The number of aryl methyl sites for hydroxylation is 2. The maximum atomic E-state index is 12.7. The molecule has 1 N–H and O–H groups in total. The molecule has 0 bridgehead atoms. The van der Waals surface area contributed by atoms with Crippen molar-refractivity contribution in [3.63, 3.8) is 0 Å². The molecule has 0 aliphatic carbocycles. The van der Waals surface area contributed by atoms with E-state index in [2.05, 4.69) is 15.1 Å². The molecule has 2 heterocycles. The number of amides is 2. The van der Waals surface area contributed by atoms with Crippen molar-refractivity contribution in [1.82, 2.24) is 14.9 Å². The third kappa shape index (κ3) is 5.92. The lowest BCUT2D eigenvalue weighted by molar-refractivity contribution is -0.137. The lowest BCUT2D eigenvalue weighted by Crippen LogP contribution is -2.43. The molecule has 9 nitrogen and oxygen atoms in total. The first-order chi connectivity index (χ1) is 17.5. The van der Waals surface area contributed by atoms with Crippen molar-refractivity contribution in [2.45, 2.75) is 13.8 Å². The van der Waals surface area contributed by atoms with Crippen LogP contribution in [0.2, 0.25) is 0 Å². The van der Waals surface area contributed by atoms with E-state index in [1.807, 2.05) is 44.2 Å². The minimum absolute atomic E-state index is 0.0824. The third-order valence-corrected chi connectivity index (χ3v) is 5.92. The molecular formula is C27H30N4O5. The van der Waals surface area contributed by atoms with Gasteiger partial charge in [-0.05, 0) is 67.9 Å². The number of methoxy groups -OCH3 is 1. The number of morpholine rings is 1. The Morgan fingerprint density at radius 3 is 2.50 bits per heavy atom. The topological polar surface area (TPSA) is 94.4 Å². The molecule has 4 rings (SSSR count). The Bertz CT molecular complexity index is 1240. The molecule has 0 spiro atoms. The van der Waals surface area contributed by atoms with Gasteiger partial charge in [-0.25, -0.2) is 5.43 Å². The molecule has 0 unspecified atom stereocenters. The highest BCUT2D eigenvalue weighted by Gasteiger charge is 2.18. The molecule has 3 aromatic rings. The van der Waals surface area contributed by atoms with E-state index >= 15 is 0 Å². The van der Waals surface area contributed by atoms with Crippen molar-refractivity contribution in [2.24, 2.45) is 5.10 Å². The summed E-state index contributed by atoms with van der Waals surface area (Å²) in [5, 5.41) is 4.09. The number of aromatic nitrogens is 1. The van der Waals surface area contributed by atoms with Crippen LogP contribution in [0.1, 0.15) is 27.3 Å². The van der Waals surface area contributed by atoms with E-state index < -0.39 is 0 Å². The summed E-state index contributed by atoms with van der Waals surface area (Å²) >= 11 is 0. The van der Waals surface area contributed by atoms with Gasteiger partial charge < -0.3 is 23.7 Å². The van der Waals surface area contributed by atoms with Gasteiger partial charge >= 0.3 is 0 Å². The van der Waals surface area contributed by atoms with E-state index in [1.165, 1.54) is 13.3 Å². The number of ether oxygens (including phenoxy) is 3. The fourth-order valence-electron chi connectivity index (χ4n) is 4.02. The summed E-state index contributed by atoms with van der Waals surface area (Å²) in [5.74, 6) is 0.502. The van der Waals surface area contributed by atoms with Crippen molar-refractivity contribution in [3.05, 3.63) is 77.1 Å². The molecule has 1 saturated heterocycles. The van der Waals surface area contributed by atoms with Crippen LogP contribution < -0.4 is 14.9 Å². The van der Waals surface area contributed by atoms with Gasteiger partial charge in [-0.3, -0.25) is 9.59 Å². The number of nitrogens with one attached hydrogen (secondary N) is 1. The Morgan fingerprint density at radius 1 is 1.03 bits per heavy atom. The van der Waals surface area contributed by atoms with Gasteiger partial charge in [0, 0.05) is 35.7 Å². The lowest BCUT2D eigenvalue weighted by Gasteiger charge is -2.26. The second kappa shape index (κ2) is 11.5. The zero-order valence-corrected chi connectivity index (χ0v) is 20.7. The third-order valence-electron chi connectivity index (χ3n) is 5.92. The van der Waals surface area contributed by atoms with E-state index in [1.54, 1.807) is 29.2 Å². The van der Waals surface area contributed by atoms with Crippen LogP contribution in [-0.2, 0) is 9.53 Å². The van der Waals surface area contributed by atoms with Gasteiger partial charge in [-0.15, -0.1) is 0 Å². The number of hydrogen-bond donors (Lipinski definition) is 1. The molecule has 1 aromatic heterocycles. The summed E-state index contributed by atoms with van der Waals surface area (Å²) in [4.78, 5) is 26.7. The Hall–Kier alpha value is -4.11. The van der Waals surface area contributed by atoms with Crippen LogP contribution in [0.3, 0.4) is 0 Å². The van der Waals surface area contributed by atoms with E-state index in [0.29, 0.717) is 48.9 Å². The largest absolute Gasteiger partial charge is 0.493 e. The molecule has 1 aliphatic rings. The average Bonchev–Trinajstić information content (AvgIpc) is 3.25. The second-order valence-electron chi connectivity index (χ2n) is 8.39. The van der Waals surface area contributed by atoms with E-state index in [9.17, 15) is 9.59 Å². The van der Waals surface area contributed by atoms with Gasteiger partial charge in [-0.2, -0.15) is 5.10 Å². The first-order valence-corrected chi connectivity index (χ1v) is 11.7. The lowest BCUT2D eigenvalue weighted by atomic mass is 10.2. The SMILES string of the molecule is COc1cc(/C=N\NC(=O)c2cccc(-n3c(C)ccc3C)c2)ccc1OCC(=O)N1CCOCC1. The van der Waals surface area contributed by atoms with Crippen LogP contribution >= 0.6 is 0 Å². The van der Waals surface area contributed by atoms with Gasteiger partial charge in [0.2, 0.25) is 0 Å². The van der Waals surface area contributed by atoms with Crippen molar-refractivity contribution < 1.29 is 23.8 Å². The second-order valence-corrected chi connectivity index (χ2v) is 8.39. The minimum atomic E-state index is -0.316.